The highest BCUT2D eigenvalue weighted by Crippen LogP contribution is 2.17. The largest absolute Gasteiger partial charge is 0.250 e. The van der Waals surface area contributed by atoms with Gasteiger partial charge >= 0.3 is 0 Å². The van der Waals surface area contributed by atoms with Gasteiger partial charge in [0.15, 0.2) is 0 Å². The van der Waals surface area contributed by atoms with Gasteiger partial charge in [-0.2, -0.15) is 5.10 Å². The maximum Gasteiger partial charge on any atom is 0.138 e. The Kier molecular flexibility index (Phi) is 6.05. The van der Waals surface area contributed by atoms with E-state index in [1.807, 2.05) is 4.68 Å². The predicted octanol–water partition coefficient (Wildman–Crippen LogP) is 4.09. The standard InChI is InChI=1S/C15H19BrClN3/c1-2-7-20-15(18-11-19-20)9-13(10-17)8-12-3-5-14(16)6-4-12/h3-6,11,13H,2,7-10H2,1H3. The average Bonchev–Trinajstić information content (AvgIpc) is 2.88. The molecule has 20 heavy (non-hydrogen) atoms. The first-order valence-electron chi connectivity index (χ1n) is 6.90. The molecule has 0 aliphatic rings. The highest BCUT2D eigenvalue weighted by atomic mass is 79.9. The number of nitrogens with zero attached hydrogens (tertiary/aromatic N) is 3. The molecule has 0 amide bonds. The summed E-state index contributed by atoms with van der Waals surface area (Å²) in [6.45, 7) is 3.06. The molecule has 1 atom stereocenters. The molecule has 1 aromatic carbocycles. The Morgan fingerprint density at radius 2 is 2.00 bits per heavy atom. The maximum absolute atomic E-state index is 6.13. The summed E-state index contributed by atoms with van der Waals surface area (Å²) in [6.07, 6.45) is 4.54. The van der Waals surface area contributed by atoms with Gasteiger partial charge in [-0.05, 0) is 36.5 Å². The monoisotopic (exact) mass is 355 g/mol. The van der Waals surface area contributed by atoms with Crippen molar-refractivity contribution in [2.75, 3.05) is 5.88 Å². The van der Waals surface area contributed by atoms with Gasteiger partial charge in [0.1, 0.15) is 12.2 Å². The van der Waals surface area contributed by atoms with Crippen LogP contribution in [0.1, 0.15) is 24.7 Å². The van der Waals surface area contributed by atoms with Gasteiger partial charge in [-0.15, -0.1) is 11.6 Å². The second-order valence-corrected chi connectivity index (χ2v) is 6.18. The number of rotatable bonds is 7. The third-order valence-electron chi connectivity index (χ3n) is 3.26. The van der Waals surface area contributed by atoms with Crippen LogP contribution in [0.2, 0.25) is 0 Å². The van der Waals surface area contributed by atoms with Crippen LogP contribution in [0.15, 0.2) is 35.1 Å². The Balaban J connectivity index is 2.01. The summed E-state index contributed by atoms with van der Waals surface area (Å²) in [4.78, 5) is 4.36. The van der Waals surface area contributed by atoms with E-state index in [9.17, 15) is 0 Å². The van der Waals surface area contributed by atoms with Crippen molar-refractivity contribution in [3.8, 4) is 0 Å². The Bertz CT molecular complexity index is 524. The highest BCUT2D eigenvalue weighted by molar-refractivity contribution is 9.10. The van der Waals surface area contributed by atoms with E-state index in [0.717, 1.165) is 36.1 Å². The van der Waals surface area contributed by atoms with Crippen LogP contribution in [0.3, 0.4) is 0 Å². The molecular formula is C15H19BrClN3. The molecule has 0 saturated carbocycles. The van der Waals surface area contributed by atoms with Gasteiger partial charge in [-0.1, -0.05) is 35.0 Å². The summed E-state index contributed by atoms with van der Waals surface area (Å²) in [5.41, 5.74) is 1.31. The van der Waals surface area contributed by atoms with Crippen molar-refractivity contribution < 1.29 is 0 Å². The van der Waals surface area contributed by atoms with E-state index in [4.69, 9.17) is 11.6 Å². The Morgan fingerprint density at radius 3 is 2.65 bits per heavy atom. The molecular weight excluding hydrogens is 338 g/mol. The molecule has 1 heterocycles. The topological polar surface area (TPSA) is 30.7 Å². The van der Waals surface area contributed by atoms with Crippen LogP contribution in [0, 0.1) is 5.92 Å². The molecule has 0 radical (unpaired) electrons. The number of hydrogen-bond acceptors (Lipinski definition) is 2. The van der Waals surface area contributed by atoms with Gasteiger partial charge in [-0.3, -0.25) is 4.68 Å². The van der Waals surface area contributed by atoms with E-state index < -0.39 is 0 Å². The van der Waals surface area contributed by atoms with Gasteiger partial charge in [0.05, 0.1) is 0 Å². The third kappa shape index (κ3) is 4.32. The molecule has 0 aliphatic heterocycles. The van der Waals surface area contributed by atoms with Crippen LogP contribution in [0.5, 0.6) is 0 Å². The Labute approximate surface area is 133 Å². The first-order valence-corrected chi connectivity index (χ1v) is 8.22. The number of benzene rings is 1. The van der Waals surface area contributed by atoms with Crippen molar-refractivity contribution in [3.63, 3.8) is 0 Å². The minimum atomic E-state index is 0.387. The molecule has 0 aliphatic carbocycles. The fourth-order valence-electron chi connectivity index (χ4n) is 2.24. The summed E-state index contributed by atoms with van der Waals surface area (Å²) >= 11 is 9.58. The maximum atomic E-state index is 6.13. The molecule has 3 nitrogen and oxygen atoms in total. The lowest BCUT2D eigenvalue weighted by Gasteiger charge is -2.14. The van der Waals surface area contributed by atoms with Crippen molar-refractivity contribution in [2.45, 2.75) is 32.7 Å². The SMILES string of the molecule is CCCn1ncnc1CC(CCl)Cc1ccc(Br)cc1. The summed E-state index contributed by atoms with van der Waals surface area (Å²) < 4.78 is 3.09. The fraction of sp³-hybridized carbons (Fsp3) is 0.467. The molecule has 0 N–H and O–H groups in total. The number of alkyl halides is 1. The van der Waals surface area contributed by atoms with E-state index >= 15 is 0 Å². The lowest BCUT2D eigenvalue weighted by molar-refractivity contribution is 0.508. The third-order valence-corrected chi connectivity index (χ3v) is 4.22. The summed E-state index contributed by atoms with van der Waals surface area (Å²) in [5.74, 6) is 2.06. The van der Waals surface area contributed by atoms with Crippen LogP contribution < -0.4 is 0 Å². The van der Waals surface area contributed by atoms with Crippen molar-refractivity contribution in [2.24, 2.45) is 5.92 Å². The van der Waals surface area contributed by atoms with Crippen molar-refractivity contribution in [1.82, 2.24) is 14.8 Å². The smallest absolute Gasteiger partial charge is 0.138 e. The van der Waals surface area contributed by atoms with E-state index in [1.165, 1.54) is 5.56 Å². The lowest BCUT2D eigenvalue weighted by Crippen LogP contribution is -2.15. The molecule has 108 valence electrons. The van der Waals surface area contributed by atoms with E-state index in [-0.39, 0.29) is 0 Å². The molecule has 0 spiro atoms. The minimum Gasteiger partial charge on any atom is -0.250 e. The molecule has 5 heteroatoms. The van der Waals surface area contributed by atoms with Crippen LogP contribution in [0.4, 0.5) is 0 Å². The highest BCUT2D eigenvalue weighted by Gasteiger charge is 2.14. The van der Waals surface area contributed by atoms with E-state index in [1.54, 1.807) is 6.33 Å². The van der Waals surface area contributed by atoms with Crippen LogP contribution in [-0.4, -0.2) is 20.6 Å². The minimum absolute atomic E-state index is 0.387. The molecule has 2 aromatic rings. The zero-order valence-electron chi connectivity index (χ0n) is 11.6. The second-order valence-electron chi connectivity index (χ2n) is 4.95. The van der Waals surface area contributed by atoms with Gasteiger partial charge in [0.2, 0.25) is 0 Å². The number of aryl methyl sites for hydroxylation is 1. The number of aromatic nitrogens is 3. The number of hydrogen-bond donors (Lipinski definition) is 0. The first-order chi connectivity index (χ1) is 9.72. The van der Waals surface area contributed by atoms with E-state index in [0.29, 0.717) is 11.8 Å². The van der Waals surface area contributed by atoms with Crippen molar-refractivity contribution in [1.29, 1.82) is 0 Å². The van der Waals surface area contributed by atoms with Gasteiger partial charge < -0.3 is 0 Å². The zero-order valence-corrected chi connectivity index (χ0v) is 13.9. The van der Waals surface area contributed by atoms with Crippen LogP contribution >= 0.6 is 27.5 Å². The summed E-state index contributed by atoms with van der Waals surface area (Å²) in [5, 5.41) is 4.27. The van der Waals surface area contributed by atoms with E-state index in [2.05, 4.69) is 57.2 Å². The summed E-state index contributed by atoms with van der Waals surface area (Å²) in [6, 6.07) is 8.42. The fourth-order valence-corrected chi connectivity index (χ4v) is 2.72. The van der Waals surface area contributed by atoms with Gasteiger partial charge in [-0.25, -0.2) is 4.98 Å². The van der Waals surface area contributed by atoms with Crippen molar-refractivity contribution >= 4 is 27.5 Å². The lowest BCUT2D eigenvalue weighted by atomic mass is 9.97. The second kappa shape index (κ2) is 7.79. The molecule has 0 saturated heterocycles. The normalized spacial score (nSPS) is 12.6. The molecule has 0 fully saturated rings. The molecule has 2 rings (SSSR count). The Hall–Kier alpha value is -0.870. The van der Waals surface area contributed by atoms with Gasteiger partial charge in [0.25, 0.3) is 0 Å². The molecule has 1 unspecified atom stereocenters. The average molecular weight is 357 g/mol. The quantitative estimate of drug-likeness (QED) is 0.700. The Morgan fingerprint density at radius 1 is 1.25 bits per heavy atom. The zero-order chi connectivity index (χ0) is 14.4. The predicted molar refractivity (Wildman–Crippen MR) is 86.1 cm³/mol. The molecule has 1 aromatic heterocycles. The van der Waals surface area contributed by atoms with Crippen LogP contribution in [0.25, 0.3) is 0 Å². The first kappa shape index (κ1) is 15.5. The van der Waals surface area contributed by atoms with Crippen LogP contribution in [-0.2, 0) is 19.4 Å². The summed E-state index contributed by atoms with van der Waals surface area (Å²) in [7, 11) is 0. The van der Waals surface area contributed by atoms with Gasteiger partial charge in [0, 0.05) is 23.3 Å². The van der Waals surface area contributed by atoms with Crippen molar-refractivity contribution in [3.05, 3.63) is 46.5 Å². The number of halogens is 2. The molecule has 0 bridgehead atoms.